The molecule has 1 atom stereocenters. The van der Waals surface area contributed by atoms with Crippen molar-refractivity contribution in [2.24, 2.45) is 0 Å². The van der Waals surface area contributed by atoms with Crippen LogP contribution in [0.2, 0.25) is 0 Å². The molecule has 1 aromatic carbocycles. The van der Waals surface area contributed by atoms with Gasteiger partial charge in [-0.3, -0.25) is 4.90 Å². The van der Waals surface area contributed by atoms with Crippen LogP contribution in [0.4, 0.5) is 15.8 Å². The molecule has 1 aromatic rings. The van der Waals surface area contributed by atoms with E-state index < -0.39 is 0 Å². The summed E-state index contributed by atoms with van der Waals surface area (Å²) >= 11 is 0. The van der Waals surface area contributed by atoms with Crippen molar-refractivity contribution < 1.29 is 4.39 Å². The number of nitrogens with one attached hydrogen (secondary N) is 1. The summed E-state index contributed by atoms with van der Waals surface area (Å²) in [5.74, 6) is -0.0843. The van der Waals surface area contributed by atoms with E-state index in [2.05, 4.69) is 15.1 Å². The molecule has 1 unspecified atom stereocenters. The fourth-order valence-electron chi connectivity index (χ4n) is 3.72. The van der Waals surface area contributed by atoms with Crippen LogP contribution in [0.1, 0.15) is 32.1 Å². The fourth-order valence-corrected chi connectivity index (χ4v) is 3.72. The molecular formula is C17H24FN3. The third kappa shape index (κ3) is 2.86. The molecule has 2 aliphatic heterocycles. The fraction of sp³-hybridized carbons (Fsp3) is 0.647. The van der Waals surface area contributed by atoms with Crippen molar-refractivity contribution in [2.45, 2.75) is 44.2 Å². The molecule has 3 nitrogen and oxygen atoms in total. The first-order chi connectivity index (χ1) is 10.3. The quantitative estimate of drug-likeness (QED) is 0.919. The Morgan fingerprint density at radius 1 is 1.05 bits per heavy atom. The standard InChI is InChI=1S/C17H24FN3/c18-16-11-13(3-6-17(16)20-8-1-2-9-20)19-14-7-10-21(12-14)15-4-5-15/h3,6,11,14-15,19H,1-2,4-5,7-10,12H2. The van der Waals surface area contributed by atoms with Crippen LogP contribution in [0.5, 0.6) is 0 Å². The molecule has 21 heavy (non-hydrogen) atoms. The Hall–Kier alpha value is -1.29. The van der Waals surface area contributed by atoms with Gasteiger partial charge in [-0.1, -0.05) is 0 Å². The summed E-state index contributed by atoms with van der Waals surface area (Å²) in [4.78, 5) is 4.73. The van der Waals surface area contributed by atoms with E-state index in [4.69, 9.17) is 0 Å². The minimum atomic E-state index is -0.0843. The van der Waals surface area contributed by atoms with Crippen LogP contribution < -0.4 is 10.2 Å². The van der Waals surface area contributed by atoms with Crippen LogP contribution in [0.15, 0.2) is 18.2 Å². The normalized spacial score (nSPS) is 26.5. The SMILES string of the molecule is Fc1cc(NC2CCN(C3CC3)C2)ccc1N1CCCC1. The van der Waals surface area contributed by atoms with Gasteiger partial charge in [0.15, 0.2) is 0 Å². The number of halogens is 1. The summed E-state index contributed by atoms with van der Waals surface area (Å²) in [6, 6.07) is 6.97. The van der Waals surface area contributed by atoms with E-state index >= 15 is 0 Å². The molecule has 0 amide bonds. The van der Waals surface area contributed by atoms with Gasteiger partial charge in [0, 0.05) is 44.0 Å². The molecule has 2 saturated heterocycles. The number of likely N-dealkylation sites (tertiary alicyclic amines) is 1. The van der Waals surface area contributed by atoms with Crippen molar-refractivity contribution in [3.8, 4) is 0 Å². The lowest BCUT2D eigenvalue weighted by molar-refractivity contribution is 0.326. The zero-order chi connectivity index (χ0) is 14.2. The van der Waals surface area contributed by atoms with E-state index in [0.717, 1.165) is 37.1 Å². The Morgan fingerprint density at radius 2 is 1.86 bits per heavy atom. The van der Waals surface area contributed by atoms with Crippen LogP contribution in [0, 0.1) is 5.82 Å². The highest BCUT2D eigenvalue weighted by Crippen LogP contribution is 2.31. The van der Waals surface area contributed by atoms with Gasteiger partial charge in [0.2, 0.25) is 0 Å². The minimum absolute atomic E-state index is 0.0843. The van der Waals surface area contributed by atoms with E-state index in [1.807, 2.05) is 12.1 Å². The Kier molecular flexibility index (Phi) is 3.49. The van der Waals surface area contributed by atoms with Crippen LogP contribution >= 0.6 is 0 Å². The monoisotopic (exact) mass is 289 g/mol. The largest absolute Gasteiger partial charge is 0.381 e. The van der Waals surface area contributed by atoms with Crippen molar-refractivity contribution in [3.05, 3.63) is 24.0 Å². The van der Waals surface area contributed by atoms with Crippen LogP contribution in [0.25, 0.3) is 0 Å². The predicted octanol–water partition coefficient (Wildman–Crippen LogP) is 3.07. The molecular weight excluding hydrogens is 265 g/mol. The summed E-state index contributed by atoms with van der Waals surface area (Å²) in [5, 5.41) is 3.51. The highest BCUT2D eigenvalue weighted by atomic mass is 19.1. The molecule has 4 rings (SSSR count). The van der Waals surface area contributed by atoms with Crippen LogP contribution in [0.3, 0.4) is 0 Å². The molecule has 0 aromatic heterocycles. The first kappa shape index (κ1) is 13.4. The summed E-state index contributed by atoms with van der Waals surface area (Å²) in [7, 11) is 0. The second kappa shape index (κ2) is 5.48. The Bertz CT molecular complexity index is 509. The molecule has 0 radical (unpaired) electrons. The van der Waals surface area contributed by atoms with Gasteiger partial charge in [-0.15, -0.1) is 0 Å². The average molecular weight is 289 g/mol. The average Bonchev–Trinajstić information content (AvgIpc) is 2.99. The van der Waals surface area contributed by atoms with Gasteiger partial charge in [-0.25, -0.2) is 4.39 Å². The zero-order valence-electron chi connectivity index (χ0n) is 12.5. The topological polar surface area (TPSA) is 18.5 Å². The first-order valence-electron chi connectivity index (χ1n) is 8.35. The van der Waals surface area contributed by atoms with Crippen molar-refractivity contribution >= 4 is 11.4 Å². The highest BCUT2D eigenvalue weighted by Gasteiger charge is 2.34. The Labute approximate surface area is 126 Å². The predicted molar refractivity (Wildman–Crippen MR) is 84.5 cm³/mol. The molecule has 2 heterocycles. The highest BCUT2D eigenvalue weighted by molar-refractivity contribution is 5.57. The van der Waals surface area contributed by atoms with Crippen molar-refractivity contribution in [1.82, 2.24) is 4.90 Å². The third-order valence-corrected chi connectivity index (χ3v) is 5.05. The number of anilines is 2. The first-order valence-corrected chi connectivity index (χ1v) is 8.35. The second-order valence-electron chi connectivity index (χ2n) is 6.72. The van der Waals surface area contributed by atoms with Gasteiger partial charge < -0.3 is 10.2 Å². The number of hydrogen-bond donors (Lipinski definition) is 1. The second-order valence-corrected chi connectivity index (χ2v) is 6.72. The Morgan fingerprint density at radius 3 is 2.57 bits per heavy atom. The molecule has 4 heteroatoms. The number of hydrogen-bond acceptors (Lipinski definition) is 3. The molecule has 3 fully saturated rings. The van der Waals surface area contributed by atoms with Crippen LogP contribution in [-0.2, 0) is 0 Å². The van der Waals surface area contributed by atoms with Crippen molar-refractivity contribution in [1.29, 1.82) is 0 Å². The van der Waals surface area contributed by atoms with E-state index in [0.29, 0.717) is 6.04 Å². The number of benzene rings is 1. The summed E-state index contributed by atoms with van der Waals surface area (Å²) in [5.41, 5.74) is 1.70. The van der Waals surface area contributed by atoms with Gasteiger partial charge in [0.05, 0.1) is 5.69 Å². The summed E-state index contributed by atoms with van der Waals surface area (Å²) in [6.07, 6.45) is 6.26. The summed E-state index contributed by atoms with van der Waals surface area (Å²) in [6.45, 7) is 4.28. The van der Waals surface area contributed by atoms with E-state index in [1.165, 1.54) is 38.6 Å². The van der Waals surface area contributed by atoms with Gasteiger partial charge >= 0.3 is 0 Å². The zero-order valence-corrected chi connectivity index (χ0v) is 12.5. The van der Waals surface area contributed by atoms with Crippen molar-refractivity contribution in [2.75, 3.05) is 36.4 Å². The minimum Gasteiger partial charge on any atom is -0.381 e. The lowest BCUT2D eigenvalue weighted by atomic mass is 10.2. The van der Waals surface area contributed by atoms with Gasteiger partial charge in [-0.2, -0.15) is 0 Å². The maximum Gasteiger partial charge on any atom is 0.148 e. The summed E-state index contributed by atoms with van der Waals surface area (Å²) < 4.78 is 14.3. The molecule has 3 aliphatic rings. The molecule has 1 N–H and O–H groups in total. The van der Waals surface area contributed by atoms with Crippen LogP contribution in [-0.4, -0.2) is 43.2 Å². The molecule has 0 bridgehead atoms. The van der Waals surface area contributed by atoms with Gasteiger partial charge in [0.25, 0.3) is 0 Å². The van der Waals surface area contributed by atoms with E-state index in [9.17, 15) is 4.39 Å². The molecule has 0 spiro atoms. The van der Waals surface area contributed by atoms with E-state index in [1.54, 1.807) is 6.07 Å². The maximum absolute atomic E-state index is 14.3. The van der Waals surface area contributed by atoms with Gasteiger partial charge in [-0.05, 0) is 50.3 Å². The third-order valence-electron chi connectivity index (χ3n) is 5.05. The van der Waals surface area contributed by atoms with E-state index in [-0.39, 0.29) is 5.82 Å². The number of rotatable bonds is 4. The smallest absolute Gasteiger partial charge is 0.148 e. The lowest BCUT2D eigenvalue weighted by Gasteiger charge is -2.20. The van der Waals surface area contributed by atoms with Crippen molar-refractivity contribution in [3.63, 3.8) is 0 Å². The number of nitrogens with zero attached hydrogens (tertiary/aromatic N) is 2. The van der Waals surface area contributed by atoms with Gasteiger partial charge in [0.1, 0.15) is 5.82 Å². The molecule has 1 saturated carbocycles. The molecule has 1 aliphatic carbocycles. The maximum atomic E-state index is 14.3. The molecule has 114 valence electrons. The Balaban J connectivity index is 1.40. The lowest BCUT2D eigenvalue weighted by Crippen LogP contribution is -2.27.